The van der Waals surface area contributed by atoms with E-state index in [4.69, 9.17) is 4.74 Å². The second-order valence-corrected chi connectivity index (χ2v) is 5.02. The Morgan fingerprint density at radius 2 is 1.93 bits per heavy atom. The molecule has 4 nitrogen and oxygen atoms in total. The van der Waals surface area contributed by atoms with Crippen molar-refractivity contribution < 1.29 is 14.3 Å². The number of esters is 1. The van der Waals surface area contributed by atoms with Gasteiger partial charge in [-0.15, -0.1) is 0 Å². The molecule has 0 aromatic carbocycles. The number of nitrogens with zero attached hydrogens (tertiary/aromatic N) is 1. The van der Waals surface area contributed by atoms with Gasteiger partial charge >= 0.3 is 5.97 Å². The molecule has 0 radical (unpaired) electrons. The number of hydrogen-bond donors (Lipinski definition) is 0. The molecular formula is C11H21NO3. The second kappa shape index (κ2) is 5.73. The van der Waals surface area contributed by atoms with Gasteiger partial charge < -0.3 is 9.64 Å². The summed E-state index contributed by atoms with van der Waals surface area (Å²) < 4.78 is 5.11. The Labute approximate surface area is 91.6 Å². The molecular weight excluding hydrogens is 194 g/mol. The second-order valence-electron chi connectivity index (χ2n) is 5.02. The van der Waals surface area contributed by atoms with Crippen molar-refractivity contribution in [2.45, 2.75) is 40.2 Å². The van der Waals surface area contributed by atoms with Crippen LogP contribution in [0.5, 0.6) is 0 Å². The van der Waals surface area contributed by atoms with Crippen molar-refractivity contribution in [3.8, 4) is 0 Å². The predicted molar refractivity (Wildman–Crippen MR) is 58.3 cm³/mol. The molecule has 1 amide bonds. The Morgan fingerprint density at radius 3 is 2.27 bits per heavy atom. The first-order valence-electron chi connectivity index (χ1n) is 5.16. The third kappa shape index (κ3) is 7.97. The van der Waals surface area contributed by atoms with E-state index in [1.807, 2.05) is 13.8 Å². The van der Waals surface area contributed by atoms with Crippen LogP contribution in [0.2, 0.25) is 0 Å². The van der Waals surface area contributed by atoms with E-state index < -0.39 is 5.60 Å². The van der Waals surface area contributed by atoms with Gasteiger partial charge in [-0.1, -0.05) is 13.8 Å². The summed E-state index contributed by atoms with van der Waals surface area (Å²) in [5.41, 5.74) is -0.497. The fraction of sp³-hybridized carbons (Fsp3) is 0.818. The van der Waals surface area contributed by atoms with E-state index >= 15 is 0 Å². The number of carbonyl (C=O) groups is 2. The summed E-state index contributed by atoms with van der Waals surface area (Å²) in [6.07, 6.45) is 0.684. The Bertz CT molecular complexity index is 218. The third-order valence-electron chi connectivity index (χ3n) is 1.50. The van der Waals surface area contributed by atoms with Crippen LogP contribution in [-0.2, 0) is 14.3 Å². The highest BCUT2D eigenvalue weighted by molar-refractivity contribution is 5.74. The summed E-state index contributed by atoms with van der Waals surface area (Å²) in [7, 11) is 0. The maximum Gasteiger partial charge on any atom is 0.326 e. The average Bonchev–Trinajstić information content (AvgIpc) is 1.98. The maximum atomic E-state index is 11.4. The number of carbonyl (C=O) groups excluding carboxylic acids is 2. The lowest BCUT2D eigenvalue weighted by atomic mass is 10.2. The molecule has 0 N–H and O–H groups in total. The van der Waals surface area contributed by atoms with E-state index in [1.54, 1.807) is 20.8 Å². The van der Waals surface area contributed by atoms with E-state index in [1.165, 1.54) is 4.90 Å². The van der Waals surface area contributed by atoms with Crippen molar-refractivity contribution in [1.29, 1.82) is 0 Å². The maximum absolute atomic E-state index is 11.4. The van der Waals surface area contributed by atoms with Crippen molar-refractivity contribution in [1.82, 2.24) is 4.90 Å². The van der Waals surface area contributed by atoms with Crippen molar-refractivity contribution in [3.05, 3.63) is 0 Å². The summed E-state index contributed by atoms with van der Waals surface area (Å²) in [6.45, 7) is 9.99. The summed E-state index contributed by atoms with van der Waals surface area (Å²) in [5.74, 6) is -0.0205. The van der Waals surface area contributed by atoms with E-state index in [0.29, 0.717) is 18.9 Å². The van der Waals surface area contributed by atoms with Gasteiger partial charge in [0.2, 0.25) is 6.41 Å². The lowest BCUT2D eigenvalue weighted by molar-refractivity contribution is -0.157. The van der Waals surface area contributed by atoms with Crippen LogP contribution in [-0.4, -0.2) is 36.0 Å². The highest BCUT2D eigenvalue weighted by Gasteiger charge is 2.18. The third-order valence-corrected chi connectivity index (χ3v) is 1.50. The number of amides is 1. The molecule has 0 aromatic rings. The molecule has 0 atom stereocenters. The summed E-state index contributed by atoms with van der Waals surface area (Å²) in [6, 6.07) is 0. The zero-order chi connectivity index (χ0) is 12.1. The van der Waals surface area contributed by atoms with E-state index in [-0.39, 0.29) is 12.5 Å². The van der Waals surface area contributed by atoms with E-state index in [9.17, 15) is 9.59 Å². The van der Waals surface area contributed by atoms with Crippen LogP contribution in [0.1, 0.15) is 34.6 Å². The number of ether oxygens (including phenoxy) is 1. The van der Waals surface area contributed by atoms with Crippen LogP contribution in [0.25, 0.3) is 0 Å². The normalized spacial score (nSPS) is 11.3. The number of hydrogen-bond acceptors (Lipinski definition) is 3. The quantitative estimate of drug-likeness (QED) is 0.515. The molecule has 0 heterocycles. The van der Waals surface area contributed by atoms with Crippen LogP contribution < -0.4 is 0 Å². The minimum Gasteiger partial charge on any atom is -0.459 e. The van der Waals surface area contributed by atoms with Gasteiger partial charge in [0.25, 0.3) is 0 Å². The molecule has 88 valence electrons. The molecule has 0 aromatic heterocycles. The predicted octanol–water partition coefficient (Wildman–Crippen LogP) is 1.44. The molecule has 4 heteroatoms. The van der Waals surface area contributed by atoms with Crippen LogP contribution in [0.3, 0.4) is 0 Å². The van der Waals surface area contributed by atoms with Gasteiger partial charge in [0.15, 0.2) is 0 Å². The Balaban J connectivity index is 4.08. The van der Waals surface area contributed by atoms with Crippen molar-refractivity contribution >= 4 is 12.4 Å². The van der Waals surface area contributed by atoms with Gasteiger partial charge in [0.1, 0.15) is 12.1 Å². The minimum absolute atomic E-state index is 0.0267. The largest absolute Gasteiger partial charge is 0.459 e. The minimum atomic E-state index is -0.497. The Kier molecular flexibility index (Phi) is 5.33. The summed E-state index contributed by atoms with van der Waals surface area (Å²) in [4.78, 5) is 23.5. The van der Waals surface area contributed by atoms with Crippen LogP contribution in [0, 0.1) is 5.92 Å². The van der Waals surface area contributed by atoms with Crippen LogP contribution in [0.15, 0.2) is 0 Å². The zero-order valence-electron chi connectivity index (χ0n) is 10.2. The molecule has 0 spiro atoms. The molecule has 0 saturated carbocycles. The van der Waals surface area contributed by atoms with E-state index in [2.05, 4.69) is 0 Å². The van der Waals surface area contributed by atoms with Gasteiger partial charge in [-0.3, -0.25) is 9.59 Å². The topological polar surface area (TPSA) is 46.6 Å². The van der Waals surface area contributed by atoms with Crippen LogP contribution in [0.4, 0.5) is 0 Å². The monoisotopic (exact) mass is 215 g/mol. The lowest BCUT2D eigenvalue weighted by Crippen LogP contribution is -2.36. The molecule has 0 bridgehead atoms. The standard InChI is InChI=1S/C11H21NO3/c1-9(2)6-12(8-13)7-10(14)15-11(3,4)5/h8-9H,6-7H2,1-5H3. The highest BCUT2D eigenvalue weighted by atomic mass is 16.6. The molecule has 0 saturated heterocycles. The molecule has 0 aliphatic carbocycles. The van der Waals surface area contributed by atoms with E-state index in [0.717, 1.165) is 0 Å². The lowest BCUT2D eigenvalue weighted by Gasteiger charge is -2.23. The van der Waals surface area contributed by atoms with Gasteiger partial charge in [-0.05, 0) is 26.7 Å². The Morgan fingerprint density at radius 1 is 1.40 bits per heavy atom. The first-order chi connectivity index (χ1) is 6.74. The summed E-state index contributed by atoms with van der Waals surface area (Å²) in [5, 5.41) is 0. The number of rotatable bonds is 5. The molecule has 0 aliphatic rings. The Hall–Kier alpha value is -1.06. The highest BCUT2D eigenvalue weighted by Crippen LogP contribution is 2.07. The van der Waals surface area contributed by atoms with Crippen molar-refractivity contribution in [2.24, 2.45) is 5.92 Å². The van der Waals surface area contributed by atoms with Gasteiger partial charge in [-0.25, -0.2) is 0 Å². The first-order valence-corrected chi connectivity index (χ1v) is 5.16. The molecule has 15 heavy (non-hydrogen) atoms. The van der Waals surface area contributed by atoms with Gasteiger partial charge in [-0.2, -0.15) is 0 Å². The van der Waals surface area contributed by atoms with Gasteiger partial charge in [0, 0.05) is 6.54 Å². The SMILES string of the molecule is CC(C)CN(C=O)CC(=O)OC(C)(C)C. The molecule has 0 aliphatic heterocycles. The molecule has 0 rings (SSSR count). The van der Waals surface area contributed by atoms with Gasteiger partial charge in [0.05, 0.1) is 0 Å². The first kappa shape index (κ1) is 13.9. The summed E-state index contributed by atoms with van der Waals surface area (Å²) >= 11 is 0. The molecule has 0 unspecified atom stereocenters. The van der Waals surface area contributed by atoms with Crippen LogP contribution >= 0.6 is 0 Å². The molecule has 0 fully saturated rings. The zero-order valence-corrected chi connectivity index (χ0v) is 10.2. The average molecular weight is 215 g/mol. The smallest absolute Gasteiger partial charge is 0.326 e. The van der Waals surface area contributed by atoms with Crippen molar-refractivity contribution in [2.75, 3.05) is 13.1 Å². The fourth-order valence-electron chi connectivity index (χ4n) is 1.15. The fourth-order valence-corrected chi connectivity index (χ4v) is 1.15. The van der Waals surface area contributed by atoms with Crippen molar-refractivity contribution in [3.63, 3.8) is 0 Å².